The summed E-state index contributed by atoms with van der Waals surface area (Å²) in [6, 6.07) is 4.23. The molecule has 0 unspecified atom stereocenters. The monoisotopic (exact) mass is 314 g/mol. The molecule has 21 heavy (non-hydrogen) atoms. The number of nitrogens with two attached hydrogens (primary N) is 1. The molecule has 0 atom stereocenters. The maximum absolute atomic E-state index is 11.7. The number of aryl methyl sites for hydroxylation is 1. The number of sulfonamides is 1. The third-order valence-electron chi connectivity index (χ3n) is 2.86. The lowest BCUT2D eigenvalue weighted by molar-refractivity contribution is -0.137. The van der Waals surface area contributed by atoms with E-state index in [2.05, 4.69) is 5.32 Å². The van der Waals surface area contributed by atoms with Crippen molar-refractivity contribution >= 4 is 27.6 Å². The molecule has 1 aromatic carbocycles. The van der Waals surface area contributed by atoms with Crippen LogP contribution in [-0.2, 0) is 19.6 Å². The third-order valence-corrected chi connectivity index (χ3v) is 3.77. The highest BCUT2D eigenvalue weighted by molar-refractivity contribution is 7.89. The number of carbonyl (C=O) groups excluding carboxylic acids is 1. The highest BCUT2D eigenvalue weighted by Gasteiger charge is 2.11. The van der Waals surface area contributed by atoms with Gasteiger partial charge < -0.3 is 10.4 Å². The molecule has 8 heteroatoms. The molecule has 0 saturated heterocycles. The van der Waals surface area contributed by atoms with Gasteiger partial charge in [0.25, 0.3) is 0 Å². The fourth-order valence-corrected chi connectivity index (χ4v) is 2.23. The van der Waals surface area contributed by atoms with Crippen LogP contribution in [0.15, 0.2) is 23.1 Å². The number of benzene rings is 1. The molecule has 1 rings (SSSR count). The van der Waals surface area contributed by atoms with Crippen molar-refractivity contribution in [1.29, 1.82) is 0 Å². The highest BCUT2D eigenvalue weighted by Crippen LogP contribution is 2.19. The zero-order valence-electron chi connectivity index (χ0n) is 11.6. The van der Waals surface area contributed by atoms with Gasteiger partial charge in [0.2, 0.25) is 15.9 Å². The first kappa shape index (κ1) is 17.1. The molecule has 1 aromatic rings. The van der Waals surface area contributed by atoms with E-state index in [9.17, 15) is 18.0 Å². The van der Waals surface area contributed by atoms with Crippen LogP contribution >= 0.6 is 0 Å². The topological polar surface area (TPSA) is 127 Å². The Bertz CT molecular complexity index is 640. The van der Waals surface area contributed by atoms with E-state index in [4.69, 9.17) is 10.2 Å². The van der Waals surface area contributed by atoms with Crippen molar-refractivity contribution in [2.24, 2.45) is 5.14 Å². The van der Waals surface area contributed by atoms with Gasteiger partial charge in [-0.1, -0.05) is 6.07 Å². The van der Waals surface area contributed by atoms with Crippen LogP contribution in [0.2, 0.25) is 0 Å². The van der Waals surface area contributed by atoms with E-state index in [0.29, 0.717) is 24.1 Å². The largest absolute Gasteiger partial charge is 0.481 e. The molecule has 116 valence electrons. The highest BCUT2D eigenvalue weighted by atomic mass is 32.2. The number of unbranched alkanes of at least 4 members (excludes halogenated alkanes) is 1. The van der Waals surface area contributed by atoms with E-state index >= 15 is 0 Å². The second-order valence-electron chi connectivity index (χ2n) is 4.67. The van der Waals surface area contributed by atoms with Crippen molar-refractivity contribution in [3.8, 4) is 0 Å². The van der Waals surface area contributed by atoms with Gasteiger partial charge in [0.15, 0.2) is 0 Å². The summed E-state index contributed by atoms with van der Waals surface area (Å²) in [5.41, 5.74) is 1.09. The summed E-state index contributed by atoms with van der Waals surface area (Å²) >= 11 is 0. The van der Waals surface area contributed by atoms with Crippen LogP contribution in [0, 0.1) is 6.92 Å². The lowest BCUT2D eigenvalue weighted by Crippen LogP contribution is -2.15. The number of primary sulfonamides is 1. The van der Waals surface area contributed by atoms with Crippen molar-refractivity contribution in [3.63, 3.8) is 0 Å². The van der Waals surface area contributed by atoms with Gasteiger partial charge in [0, 0.05) is 18.5 Å². The minimum atomic E-state index is -3.82. The van der Waals surface area contributed by atoms with E-state index < -0.39 is 16.0 Å². The van der Waals surface area contributed by atoms with E-state index in [-0.39, 0.29) is 23.6 Å². The van der Waals surface area contributed by atoms with Crippen molar-refractivity contribution < 1.29 is 23.1 Å². The molecule has 4 N–H and O–H groups in total. The Morgan fingerprint density at radius 1 is 1.24 bits per heavy atom. The molecule has 0 aliphatic rings. The standard InChI is InChI=1S/C13H18N2O5S/c1-9-6-7-10(21(14,19)20)8-11(9)15-12(16)4-2-3-5-13(17)18/h6-8H,2-5H2,1H3,(H,15,16)(H,17,18)(H2,14,19,20). The number of carbonyl (C=O) groups is 2. The van der Waals surface area contributed by atoms with Crippen LogP contribution in [0.4, 0.5) is 5.69 Å². The van der Waals surface area contributed by atoms with Gasteiger partial charge in [-0.2, -0.15) is 0 Å². The molecular weight excluding hydrogens is 296 g/mol. The second kappa shape index (κ2) is 7.19. The average molecular weight is 314 g/mol. The van der Waals surface area contributed by atoms with Crippen molar-refractivity contribution in [2.75, 3.05) is 5.32 Å². The van der Waals surface area contributed by atoms with Gasteiger partial charge in [-0.15, -0.1) is 0 Å². The van der Waals surface area contributed by atoms with Crippen LogP contribution in [0.25, 0.3) is 0 Å². The molecule has 0 spiro atoms. The van der Waals surface area contributed by atoms with Gasteiger partial charge in [-0.05, 0) is 37.5 Å². The van der Waals surface area contributed by atoms with Gasteiger partial charge >= 0.3 is 5.97 Å². The zero-order valence-corrected chi connectivity index (χ0v) is 12.4. The molecular formula is C13H18N2O5S. The number of aliphatic carboxylic acids is 1. The van der Waals surface area contributed by atoms with Gasteiger partial charge in [0.1, 0.15) is 0 Å². The first-order valence-corrected chi connectivity index (χ1v) is 7.90. The van der Waals surface area contributed by atoms with E-state index in [1.165, 1.54) is 12.1 Å². The SMILES string of the molecule is Cc1ccc(S(N)(=O)=O)cc1NC(=O)CCCCC(=O)O. The lowest BCUT2D eigenvalue weighted by Gasteiger charge is -2.10. The normalized spacial score (nSPS) is 11.1. The Balaban J connectivity index is 2.65. The molecule has 0 heterocycles. The first-order valence-electron chi connectivity index (χ1n) is 6.35. The second-order valence-corrected chi connectivity index (χ2v) is 6.23. The Morgan fingerprint density at radius 2 is 1.86 bits per heavy atom. The van der Waals surface area contributed by atoms with Crippen LogP contribution < -0.4 is 10.5 Å². The summed E-state index contributed by atoms with van der Waals surface area (Å²) in [5, 5.41) is 16.1. The Morgan fingerprint density at radius 3 is 2.43 bits per heavy atom. The van der Waals surface area contributed by atoms with Crippen LogP contribution in [0.1, 0.15) is 31.2 Å². The van der Waals surface area contributed by atoms with Crippen molar-refractivity contribution in [1.82, 2.24) is 0 Å². The molecule has 1 amide bonds. The Labute approximate surface area is 123 Å². The molecule has 0 fully saturated rings. The number of nitrogens with one attached hydrogen (secondary N) is 1. The quantitative estimate of drug-likeness (QED) is 0.652. The molecule has 0 radical (unpaired) electrons. The number of hydrogen-bond acceptors (Lipinski definition) is 4. The van der Waals surface area contributed by atoms with Crippen molar-refractivity contribution in [3.05, 3.63) is 23.8 Å². The maximum Gasteiger partial charge on any atom is 0.303 e. The lowest BCUT2D eigenvalue weighted by atomic mass is 10.1. The summed E-state index contributed by atoms with van der Waals surface area (Å²) in [4.78, 5) is 22.0. The van der Waals surface area contributed by atoms with E-state index in [1.807, 2.05) is 0 Å². The van der Waals surface area contributed by atoms with Crippen LogP contribution in [0.5, 0.6) is 0 Å². The smallest absolute Gasteiger partial charge is 0.303 e. The fraction of sp³-hybridized carbons (Fsp3) is 0.385. The number of carboxylic acid groups (broad SMARTS) is 1. The van der Waals surface area contributed by atoms with E-state index in [1.54, 1.807) is 13.0 Å². The van der Waals surface area contributed by atoms with Crippen LogP contribution in [0.3, 0.4) is 0 Å². The fourth-order valence-electron chi connectivity index (χ4n) is 1.69. The molecule has 0 aliphatic carbocycles. The molecule has 0 saturated carbocycles. The summed E-state index contributed by atoms with van der Waals surface area (Å²) in [6.07, 6.45) is 1.06. The van der Waals surface area contributed by atoms with Gasteiger partial charge in [-0.3, -0.25) is 9.59 Å². The number of anilines is 1. The predicted octanol–water partition coefficient (Wildman–Crippen LogP) is 1.23. The number of amides is 1. The first-order chi connectivity index (χ1) is 9.70. The maximum atomic E-state index is 11.7. The minimum absolute atomic E-state index is 0.0210. The summed E-state index contributed by atoms with van der Waals surface area (Å²) in [6.45, 7) is 1.73. The number of rotatable bonds is 7. The molecule has 0 bridgehead atoms. The Kier molecular flexibility index (Phi) is 5.86. The number of hydrogen-bond donors (Lipinski definition) is 3. The summed E-state index contributed by atoms with van der Waals surface area (Å²) in [7, 11) is -3.82. The molecule has 0 aromatic heterocycles. The summed E-state index contributed by atoms with van der Waals surface area (Å²) < 4.78 is 22.5. The molecule has 0 aliphatic heterocycles. The van der Waals surface area contributed by atoms with Gasteiger partial charge in [-0.25, -0.2) is 13.6 Å². The summed E-state index contributed by atoms with van der Waals surface area (Å²) in [5.74, 6) is -1.19. The number of carboxylic acids is 1. The van der Waals surface area contributed by atoms with E-state index in [0.717, 1.165) is 0 Å². The van der Waals surface area contributed by atoms with Crippen molar-refractivity contribution in [2.45, 2.75) is 37.5 Å². The Hall–Kier alpha value is -1.93. The molecule has 7 nitrogen and oxygen atoms in total. The zero-order chi connectivity index (χ0) is 16.0. The van der Waals surface area contributed by atoms with Gasteiger partial charge in [0.05, 0.1) is 4.90 Å². The predicted molar refractivity (Wildman–Crippen MR) is 77.3 cm³/mol. The minimum Gasteiger partial charge on any atom is -0.481 e. The third kappa shape index (κ3) is 5.92. The average Bonchev–Trinajstić information content (AvgIpc) is 2.36. The van der Waals surface area contributed by atoms with Crippen LogP contribution in [-0.4, -0.2) is 25.4 Å².